The van der Waals surface area contributed by atoms with Gasteiger partial charge < -0.3 is 9.64 Å². The van der Waals surface area contributed by atoms with Gasteiger partial charge in [-0.15, -0.1) is 0 Å². The molecule has 1 aromatic carbocycles. The highest BCUT2D eigenvalue weighted by molar-refractivity contribution is 5.98. The number of ether oxygens (including phenoxy) is 1. The minimum atomic E-state index is -1.13. The van der Waals surface area contributed by atoms with Crippen molar-refractivity contribution < 1.29 is 27.9 Å². The predicted molar refractivity (Wildman–Crippen MR) is 97.4 cm³/mol. The zero-order chi connectivity index (χ0) is 20.4. The summed E-state index contributed by atoms with van der Waals surface area (Å²) in [4.78, 5) is 38.6. The monoisotopic (exact) mass is 393 g/mol. The maximum Gasteiger partial charge on any atom is 0.311 e. The molecular formula is C21H25F2NO4. The minimum Gasteiger partial charge on any atom is -0.457 e. The van der Waals surface area contributed by atoms with Gasteiger partial charge in [0, 0.05) is 24.6 Å². The van der Waals surface area contributed by atoms with E-state index in [0.717, 1.165) is 37.5 Å². The fourth-order valence-corrected chi connectivity index (χ4v) is 4.21. The van der Waals surface area contributed by atoms with E-state index >= 15 is 0 Å². The molecule has 2 aliphatic rings. The van der Waals surface area contributed by atoms with E-state index in [-0.39, 0.29) is 23.9 Å². The fourth-order valence-electron chi connectivity index (χ4n) is 4.21. The van der Waals surface area contributed by atoms with E-state index in [4.69, 9.17) is 4.74 Å². The van der Waals surface area contributed by atoms with Crippen LogP contribution < -0.4 is 0 Å². The summed E-state index contributed by atoms with van der Waals surface area (Å²) in [6.07, 6.45) is 3.23. The summed E-state index contributed by atoms with van der Waals surface area (Å²) in [5, 5.41) is 0. The second-order valence-electron chi connectivity index (χ2n) is 7.94. The Labute approximate surface area is 163 Å². The number of Topliss-reactive ketones (excluding diaryl/α,β-unsaturated/α-hetero) is 1. The van der Waals surface area contributed by atoms with Crippen LogP contribution in [0, 0.1) is 29.4 Å². The predicted octanol–water partition coefficient (Wildman–Crippen LogP) is 3.36. The molecule has 152 valence electrons. The standard InChI is InChI=1S/C21H25F2NO4/c1-12-4-3-5-18(13(12)2)24-10-15(9-20(24)26)21(27)28-11-19(25)14-6-7-16(22)17(23)8-14/h6-8,12-13,15,18H,3-5,9-11H2,1-2H3/t12-,13-,15-,18+/m1/s1. The molecule has 0 radical (unpaired) electrons. The lowest BCUT2D eigenvalue weighted by atomic mass is 9.77. The van der Waals surface area contributed by atoms with Crippen molar-refractivity contribution in [2.24, 2.45) is 17.8 Å². The van der Waals surface area contributed by atoms with Gasteiger partial charge in [-0.3, -0.25) is 14.4 Å². The number of nitrogens with zero attached hydrogens (tertiary/aromatic N) is 1. The summed E-state index contributed by atoms with van der Waals surface area (Å²) in [6, 6.07) is 2.90. The minimum absolute atomic E-state index is 0.0557. The second kappa shape index (κ2) is 8.37. The maximum absolute atomic E-state index is 13.2. The summed E-state index contributed by atoms with van der Waals surface area (Å²) < 4.78 is 31.2. The fraction of sp³-hybridized carbons (Fsp3) is 0.571. The molecule has 0 aromatic heterocycles. The summed E-state index contributed by atoms with van der Waals surface area (Å²) >= 11 is 0. The topological polar surface area (TPSA) is 63.7 Å². The van der Waals surface area contributed by atoms with Gasteiger partial charge in [0.05, 0.1) is 5.92 Å². The third kappa shape index (κ3) is 4.23. The number of rotatable bonds is 5. The van der Waals surface area contributed by atoms with Gasteiger partial charge in [0.15, 0.2) is 24.0 Å². The van der Waals surface area contributed by atoms with Crippen LogP contribution in [-0.2, 0) is 14.3 Å². The average Bonchev–Trinajstić information content (AvgIpc) is 3.05. The Hall–Kier alpha value is -2.31. The lowest BCUT2D eigenvalue weighted by molar-refractivity contribution is -0.147. The lowest BCUT2D eigenvalue weighted by Crippen LogP contribution is -2.45. The number of halogens is 2. The largest absolute Gasteiger partial charge is 0.457 e. The van der Waals surface area contributed by atoms with Crippen LogP contribution in [0.25, 0.3) is 0 Å². The van der Waals surface area contributed by atoms with Gasteiger partial charge in [-0.25, -0.2) is 8.78 Å². The molecule has 1 saturated carbocycles. The third-order valence-corrected chi connectivity index (χ3v) is 6.14. The van der Waals surface area contributed by atoms with Crippen LogP contribution in [-0.4, -0.2) is 41.8 Å². The molecule has 0 unspecified atom stereocenters. The Morgan fingerprint density at radius 3 is 2.64 bits per heavy atom. The van der Waals surface area contributed by atoms with Crippen LogP contribution in [0.4, 0.5) is 8.78 Å². The van der Waals surface area contributed by atoms with E-state index in [0.29, 0.717) is 18.4 Å². The molecule has 1 heterocycles. The molecule has 2 fully saturated rings. The molecule has 4 atom stereocenters. The SMILES string of the molecule is C[C@@H]1[C@H](C)CCC[C@@H]1N1C[C@H](C(=O)OCC(=O)c2ccc(F)c(F)c2)CC1=O. The van der Waals surface area contributed by atoms with E-state index in [9.17, 15) is 23.2 Å². The number of benzene rings is 1. The summed E-state index contributed by atoms with van der Waals surface area (Å²) in [6.45, 7) is 4.07. The number of hydrogen-bond acceptors (Lipinski definition) is 4. The van der Waals surface area contributed by atoms with Crippen molar-refractivity contribution in [1.29, 1.82) is 0 Å². The van der Waals surface area contributed by atoms with Crippen molar-refractivity contribution in [3.63, 3.8) is 0 Å². The summed E-state index contributed by atoms with van der Waals surface area (Å²) in [5.74, 6) is -3.16. The van der Waals surface area contributed by atoms with Gasteiger partial charge in [0.2, 0.25) is 5.91 Å². The first-order valence-corrected chi connectivity index (χ1v) is 9.72. The Bertz CT molecular complexity index is 782. The van der Waals surface area contributed by atoms with Crippen molar-refractivity contribution >= 4 is 17.7 Å². The molecule has 0 spiro atoms. The van der Waals surface area contributed by atoms with Crippen molar-refractivity contribution in [2.75, 3.05) is 13.2 Å². The van der Waals surface area contributed by atoms with Gasteiger partial charge >= 0.3 is 5.97 Å². The Morgan fingerprint density at radius 2 is 1.93 bits per heavy atom. The molecule has 1 saturated heterocycles. The van der Waals surface area contributed by atoms with Gasteiger partial charge in [-0.1, -0.05) is 26.7 Å². The highest BCUT2D eigenvalue weighted by atomic mass is 19.2. The maximum atomic E-state index is 13.2. The quantitative estimate of drug-likeness (QED) is 0.568. The first kappa shape index (κ1) is 20.4. The first-order valence-electron chi connectivity index (χ1n) is 9.72. The molecule has 5 nitrogen and oxygen atoms in total. The Kier molecular flexibility index (Phi) is 6.10. The highest BCUT2D eigenvalue weighted by Crippen LogP contribution is 2.35. The Balaban J connectivity index is 1.55. The molecule has 0 bridgehead atoms. The lowest BCUT2D eigenvalue weighted by Gasteiger charge is -2.39. The number of carbonyl (C=O) groups excluding carboxylic acids is 3. The van der Waals surface area contributed by atoms with Gasteiger partial charge in [0.1, 0.15) is 0 Å². The van der Waals surface area contributed by atoms with Gasteiger partial charge in [-0.05, 0) is 36.5 Å². The van der Waals surface area contributed by atoms with E-state index in [1.807, 2.05) is 0 Å². The molecule has 28 heavy (non-hydrogen) atoms. The average molecular weight is 393 g/mol. The molecule has 1 aliphatic carbocycles. The van der Waals surface area contributed by atoms with E-state index in [2.05, 4.69) is 13.8 Å². The van der Waals surface area contributed by atoms with Crippen LogP contribution in [0.3, 0.4) is 0 Å². The normalized spacial score (nSPS) is 27.7. The first-order chi connectivity index (χ1) is 13.3. The van der Waals surface area contributed by atoms with E-state index in [1.165, 1.54) is 0 Å². The number of amides is 1. The number of esters is 1. The molecule has 7 heteroatoms. The van der Waals surface area contributed by atoms with E-state index < -0.39 is 35.9 Å². The zero-order valence-corrected chi connectivity index (χ0v) is 16.1. The molecule has 1 aliphatic heterocycles. The van der Waals surface area contributed by atoms with Crippen molar-refractivity contribution in [3.05, 3.63) is 35.4 Å². The molecule has 0 N–H and O–H groups in total. The van der Waals surface area contributed by atoms with Crippen LogP contribution in [0.2, 0.25) is 0 Å². The van der Waals surface area contributed by atoms with Gasteiger partial charge in [0.25, 0.3) is 0 Å². The zero-order valence-electron chi connectivity index (χ0n) is 16.1. The number of carbonyl (C=O) groups is 3. The second-order valence-corrected chi connectivity index (χ2v) is 7.94. The van der Waals surface area contributed by atoms with Crippen LogP contribution >= 0.6 is 0 Å². The molecular weight excluding hydrogens is 368 g/mol. The number of hydrogen-bond donors (Lipinski definition) is 0. The summed E-state index contributed by atoms with van der Waals surface area (Å²) in [7, 11) is 0. The number of ketones is 1. The molecule has 1 aromatic rings. The van der Waals surface area contributed by atoms with E-state index in [1.54, 1.807) is 4.90 Å². The van der Waals surface area contributed by atoms with Crippen LogP contribution in [0.5, 0.6) is 0 Å². The third-order valence-electron chi connectivity index (χ3n) is 6.14. The van der Waals surface area contributed by atoms with Crippen molar-refractivity contribution in [3.8, 4) is 0 Å². The molecule has 3 rings (SSSR count). The summed E-state index contributed by atoms with van der Waals surface area (Å²) in [5.41, 5.74) is -0.0687. The smallest absolute Gasteiger partial charge is 0.311 e. The van der Waals surface area contributed by atoms with Crippen molar-refractivity contribution in [1.82, 2.24) is 4.90 Å². The molecule has 1 amide bonds. The van der Waals surface area contributed by atoms with Crippen LogP contribution in [0.15, 0.2) is 18.2 Å². The van der Waals surface area contributed by atoms with Gasteiger partial charge in [-0.2, -0.15) is 0 Å². The Morgan fingerprint density at radius 1 is 1.18 bits per heavy atom. The van der Waals surface area contributed by atoms with Crippen LogP contribution in [0.1, 0.15) is 49.9 Å². The highest BCUT2D eigenvalue weighted by Gasteiger charge is 2.42. The number of likely N-dealkylation sites (tertiary alicyclic amines) is 1. The van der Waals surface area contributed by atoms with Crippen molar-refractivity contribution in [2.45, 2.75) is 45.6 Å².